The minimum atomic E-state index is -0.542. The van der Waals surface area contributed by atoms with E-state index >= 15 is 0 Å². The highest BCUT2D eigenvalue weighted by Crippen LogP contribution is 2.28. The second-order valence-electron chi connectivity index (χ2n) is 6.54. The molecule has 3 aromatic heterocycles. The van der Waals surface area contributed by atoms with Crippen molar-refractivity contribution in [2.45, 2.75) is 20.5 Å². The van der Waals surface area contributed by atoms with Crippen molar-refractivity contribution in [1.29, 1.82) is 0 Å². The Hall–Kier alpha value is -3.39. The summed E-state index contributed by atoms with van der Waals surface area (Å²) in [7, 11) is 0. The molecule has 0 bridgehead atoms. The van der Waals surface area contributed by atoms with Gasteiger partial charge < -0.3 is 4.74 Å². The van der Waals surface area contributed by atoms with Crippen LogP contribution in [0.15, 0.2) is 53.5 Å². The topological polar surface area (TPSA) is 73.6 Å². The number of thiazole rings is 1. The van der Waals surface area contributed by atoms with E-state index in [2.05, 4.69) is 9.97 Å². The molecule has 0 N–H and O–H groups in total. The number of hydrogen-bond donors (Lipinski definition) is 0. The maximum Gasteiger partial charge on any atom is 0.350 e. The van der Waals surface area contributed by atoms with Crippen LogP contribution in [-0.4, -0.2) is 20.3 Å². The van der Waals surface area contributed by atoms with Crippen LogP contribution in [0.25, 0.3) is 16.2 Å². The first kappa shape index (κ1) is 18.9. The molecule has 146 valence electrons. The highest BCUT2D eigenvalue weighted by Gasteiger charge is 2.18. The standard InChI is InChI=1S/C21H16FN3O3S/c1-12-3-8-17-24-16(9-18(26)25(17)10-12)11-28-21(27)19-13(2)23-20(29-19)14-4-6-15(22)7-5-14/h3-10H,11H2,1-2H3. The molecule has 0 aliphatic rings. The third-order valence-corrected chi connectivity index (χ3v) is 5.47. The van der Waals surface area contributed by atoms with Gasteiger partial charge in [0, 0.05) is 17.8 Å². The summed E-state index contributed by atoms with van der Waals surface area (Å²) in [6.07, 6.45) is 1.71. The SMILES string of the molecule is Cc1ccc2nc(COC(=O)c3sc(-c4ccc(F)cc4)nc3C)cc(=O)n2c1. The van der Waals surface area contributed by atoms with Gasteiger partial charge >= 0.3 is 5.97 Å². The number of carbonyl (C=O) groups excluding carboxylic acids is 1. The fraction of sp³-hybridized carbons (Fsp3) is 0.143. The van der Waals surface area contributed by atoms with Gasteiger partial charge in [-0.05, 0) is 49.7 Å². The van der Waals surface area contributed by atoms with Gasteiger partial charge in [0.2, 0.25) is 0 Å². The maximum atomic E-state index is 13.1. The summed E-state index contributed by atoms with van der Waals surface area (Å²) in [4.78, 5) is 33.9. The molecule has 29 heavy (non-hydrogen) atoms. The van der Waals surface area contributed by atoms with Gasteiger partial charge in [0.15, 0.2) is 0 Å². The average Bonchev–Trinajstić information content (AvgIpc) is 3.09. The number of benzene rings is 1. The number of rotatable bonds is 4. The van der Waals surface area contributed by atoms with E-state index < -0.39 is 5.97 Å². The van der Waals surface area contributed by atoms with Crippen LogP contribution in [0.1, 0.15) is 26.6 Å². The van der Waals surface area contributed by atoms with Crippen molar-refractivity contribution >= 4 is 23.0 Å². The molecule has 0 saturated carbocycles. The monoisotopic (exact) mass is 409 g/mol. The van der Waals surface area contributed by atoms with Crippen LogP contribution in [0.4, 0.5) is 4.39 Å². The second kappa shape index (κ2) is 7.56. The summed E-state index contributed by atoms with van der Waals surface area (Å²) in [5, 5.41) is 0.604. The van der Waals surface area contributed by atoms with Crippen LogP contribution >= 0.6 is 11.3 Å². The Labute approximate surface area is 169 Å². The van der Waals surface area contributed by atoms with E-state index in [9.17, 15) is 14.0 Å². The quantitative estimate of drug-likeness (QED) is 0.478. The molecule has 0 fully saturated rings. The van der Waals surface area contributed by atoms with Crippen LogP contribution in [-0.2, 0) is 11.3 Å². The molecule has 0 atom stereocenters. The van der Waals surface area contributed by atoms with Crippen molar-refractivity contribution in [3.05, 3.63) is 86.7 Å². The van der Waals surface area contributed by atoms with Crippen LogP contribution in [0.2, 0.25) is 0 Å². The summed E-state index contributed by atoms with van der Waals surface area (Å²) in [6.45, 7) is 3.48. The summed E-state index contributed by atoms with van der Waals surface area (Å²) >= 11 is 1.17. The van der Waals surface area contributed by atoms with E-state index in [1.54, 1.807) is 31.3 Å². The fourth-order valence-corrected chi connectivity index (χ4v) is 3.80. The molecule has 6 nitrogen and oxygen atoms in total. The number of nitrogens with zero attached hydrogens (tertiary/aromatic N) is 3. The van der Waals surface area contributed by atoms with Crippen molar-refractivity contribution < 1.29 is 13.9 Å². The molecule has 0 spiro atoms. The number of fused-ring (bicyclic) bond motifs is 1. The van der Waals surface area contributed by atoms with Gasteiger partial charge in [-0.15, -0.1) is 11.3 Å². The number of aromatic nitrogens is 3. The Morgan fingerprint density at radius 2 is 1.90 bits per heavy atom. The Balaban J connectivity index is 1.53. The lowest BCUT2D eigenvalue weighted by Crippen LogP contribution is -2.16. The average molecular weight is 409 g/mol. The number of pyridine rings is 1. The van der Waals surface area contributed by atoms with Gasteiger partial charge in [-0.2, -0.15) is 0 Å². The third kappa shape index (κ3) is 3.93. The number of aryl methyl sites for hydroxylation is 2. The smallest absolute Gasteiger partial charge is 0.350 e. The Morgan fingerprint density at radius 3 is 2.66 bits per heavy atom. The van der Waals surface area contributed by atoms with Gasteiger partial charge in [0.25, 0.3) is 5.56 Å². The Morgan fingerprint density at radius 1 is 1.14 bits per heavy atom. The van der Waals surface area contributed by atoms with Gasteiger partial charge in [0.05, 0.1) is 11.4 Å². The Kier molecular flexibility index (Phi) is 4.94. The minimum absolute atomic E-state index is 0.123. The summed E-state index contributed by atoms with van der Waals surface area (Å²) in [6, 6.07) is 10.8. The normalized spacial score (nSPS) is 11.0. The van der Waals surface area contributed by atoms with Crippen molar-refractivity contribution in [1.82, 2.24) is 14.4 Å². The van der Waals surface area contributed by atoms with Crippen molar-refractivity contribution in [2.75, 3.05) is 0 Å². The molecule has 4 aromatic rings. The zero-order valence-electron chi connectivity index (χ0n) is 15.7. The first-order chi connectivity index (χ1) is 13.9. The zero-order valence-corrected chi connectivity index (χ0v) is 16.5. The number of hydrogen-bond acceptors (Lipinski definition) is 6. The molecule has 1 aromatic carbocycles. The molecule has 0 unspecified atom stereocenters. The maximum absolute atomic E-state index is 13.1. The van der Waals surface area contributed by atoms with Crippen LogP contribution < -0.4 is 5.56 Å². The van der Waals surface area contributed by atoms with Gasteiger partial charge in [-0.25, -0.2) is 19.2 Å². The molecule has 0 radical (unpaired) electrons. The molecule has 0 aliphatic carbocycles. The lowest BCUT2D eigenvalue weighted by Gasteiger charge is -2.06. The molecule has 3 heterocycles. The molecule has 0 saturated heterocycles. The van der Waals surface area contributed by atoms with Crippen LogP contribution in [0.3, 0.4) is 0 Å². The fourth-order valence-electron chi connectivity index (χ4n) is 2.84. The zero-order chi connectivity index (χ0) is 20.5. The van der Waals surface area contributed by atoms with E-state index in [1.807, 2.05) is 13.0 Å². The van der Waals surface area contributed by atoms with Gasteiger partial charge in [-0.1, -0.05) is 6.07 Å². The van der Waals surface area contributed by atoms with E-state index in [0.717, 1.165) is 11.1 Å². The number of halogens is 1. The molecule has 4 rings (SSSR count). The molecular formula is C21H16FN3O3S. The predicted molar refractivity (Wildman–Crippen MR) is 108 cm³/mol. The molecule has 0 amide bonds. The second-order valence-corrected chi connectivity index (χ2v) is 7.54. The van der Waals surface area contributed by atoms with Crippen LogP contribution in [0.5, 0.6) is 0 Å². The van der Waals surface area contributed by atoms with E-state index in [1.165, 1.54) is 33.9 Å². The van der Waals surface area contributed by atoms with Gasteiger partial charge in [0.1, 0.15) is 28.0 Å². The third-order valence-electron chi connectivity index (χ3n) is 4.28. The first-order valence-corrected chi connectivity index (χ1v) is 9.62. The summed E-state index contributed by atoms with van der Waals surface area (Å²) in [5.74, 6) is -0.880. The predicted octanol–water partition coefficient (Wildman–Crippen LogP) is 3.93. The summed E-state index contributed by atoms with van der Waals surface area (Å²) < 4.78 is 19.9. The highest BCUT2D eigenvalue weighted by molar-refractivity contribution is 7.17. The largest absolute Gasteiger partial charge is 0.455 e. The van der Waals surface area contributed by atoms with Crippen LogP contribution in [0, 0.1) is 19.7 Å². The lowest BCUT2D eigenvalue weighted by atomic mass is 10.2. The van der Waals surface area contributed by atoms with Gasteiger partial charge in [-0.3, -0.25) is 9.20 Å². The summed E-state index contributed by atoms with van der Waals surface area (Å²) in [5.41, 5.74) is 2.81. The van der Waals surface area contributed by atoms with Crippen molar-refractivity contribution in [2.24, 2.45) is 0 Å². The Bertz CT molecular complexity index is 1280. The highest BCUT2D eigenvalue weighted by atomic mass is 32.1. The molecular weight excluding hydrogens is 393 g/mol. The van der Waals surface area contributed by atoms with Crippen molar-refractivity contribution in [3.8, 4) is 10.6 Å². The number of carbonyl (C=O) groups is 1. The lowest BCUT2D eigenvalue weighted by molar-refractivity contribution is 0.0472. The van der Waals surface area contributed by atoms with Crippen molar-refractivity contribution in [3.63, 3.8) is 0 Å². The number of esters is 1. The van der Waals surface area contributed by atoms with E-state index in [4.69, 9.17) is 4.74 Å². The van der Waals surface area contributed by atoms with E-state index in [0.29, 0.717) is 26.9 Å². The van der Waals surface area contributed by atoms with E-state index in [-0.39, 0.29) is 18.0 Å². The first-order valence-electron chi connectivity index (χ1n) is 8.80. The molecule has 8 heteroatoms. The number of ether oxygens (including phenoxy) is 1. The minimum Gasteiger partial charge on any atom is -0.455 e. The molecule has 0 aliphatic heterocycles.